The summed E-state index contributed by atoms with van der Waals surface area (Å²) in [6.45, 7) is 4.88. The van der Waals surface area contributed by atoms with Crippen LogP contribution in [0.15, 0.2) is 54.7 Å². The monoisotopic (exact) mass is 319 g/mol. The topological polar surface area (TPSA) is 53.9 Å². The Hall–Kier alpha value is -2.95. The van der Waals surface area contributed by atoms with E-state index in [2.05, 4.69) is 58.6 Å². The predicted molar refractivity (Wildman–Crippen MR) is 97.6 cm³/mol. The van der Waals surface area contributed by atoms with Gasteiger partial charge >= 0.3 is 0 Å². The molecule has 0 aliphatic carbocycles. The molecule has 0 saturated heterocycles. The first kappa shape index (κ1) is 15.9. The first-order chi connectivity index (χ1) is 11.6. The second kappa shape index (κ2) is 7.08. The lowest BCUT2D eigenvalue weighted by molar-refractivity contribution is 0.831. The summed E-state index contributed by atoms with van der Waals surface area (Å²) in [5, 5.41) is 11.6. The Bertz CT molecular complexity index is 797. The van der Waals surface area contributed by atoms with Gasteiger partial charge in [-0.25, -0.2) is 0 Å². The van der Waals surface area contributed by atoms with E-state index in [1.54, 1.807) is 6.20 Å². The van der Waals surface area contributed by atoms with Crippen LogP contribution in [-0.2, 0) is 6.54 Å². The van der Waals surface area contributed by atoms with Crippen LogP contribution in [0, 0.1) is 13.8 Å². The minimum atomic E-state index is 0.593. The van der Waals surface area contributed by atoms with Crippen LogP contribution in [-0.4, -0.2) is 22.2 Å². The van der Waals surface area contributed by atoms with Crippen molar-refractivity contribution < 1.29 is 0 Å². The number of anilines is 3. The summed E-state index contributed by atoms with van der Waals surface area (Å²) in [5.74, 6) is 1.28. The highest BCUT2D eigenvalue weighted by Gasteiger charge is 2.09. The lowest BCUT2D eigenvalue weighted by atomic mass is 10.1. The summed E-state index contributed by atoms with van der Waals surface area (Å²) in [6, 6.07) is 16.4. The minimum Gasteiger partial charge on any atom is -0.338 e. The van der Waals surface area contributed by atoms with E-state index in [1.807, 2.05) is 36.2 Å². The highest BCUT2D eigenvalue weighted by molar-refractivity contribution is 5.64. The molecule has 1 heterocycles. The fourth-order valence-electron chi connectivity index (χ4n) is 2.58. The molecule has 0 aliphatic heterocycles. The summed E-state index contributed by atoms with van der Waals surface area (Å²) < 4.78 is 0. The molecule has 2 aromatic carbocycles. The van der Waals surface area contributed by atoms with Gasteiger partial charge < -0.3 is 10.2 Å². The van der Waals surface area contributed by atoms with E-state index >= 15 is 0 Å². The van der Waals surface area contributed by atoms with Crippen LogP contribution in [0.4, 0.5) is 17.5 Å². The van der Waals surface area contributed by atoms with Crippen molar-refractivity contribution in [3.63, 3.8) is 0 Å². The quantitative estimate of drug-likeness (QED) is 0.773. The first-order valence-electron chi connectivity index (χ1n) is 7.91. The van der Waals surface area contributed by atoms with E-state index in [4.69, 9.17) is 0 Å². The Labute approximate surface area is 142 Å². The van der Waals surface area contributed by atoms with Crippen molar-refractivity contribution in [1.82, 2.24) is 15.2 Å². The summed E-state index contributed by atoms with van der Waals surface area (Å²) in [5.41, 5.74) is 4.62. The Morgan fingerprint density at radius 2 is 1.67 bits per heavy atom. The first-order valence-corrected chi connectivity index (χ1v) is 7.91. The van der Waals surface area contributed by atoms with Crippen molar-refractivity contribution in [1.29, 1.82) is 0 Å². The van der Waals surface area contributed by atoms with Crippen molar-refractivity contribution in [2.75, 3.05) is 17.3 Å². The van der Waals surface area contributed by atoms with E-state index in [0.29, 0.717) is 11.8 Å². The van der Waals surface area contributed by atoms with Crippen molar-refractivity contribution in [3.05, 3.63) is 71.4 Å². The smallest absolute Gasteiger partial charge is 0.247 e. The molecule has 5 nitrogen and oxygen atoms in total. The van der Waals surface area contributed by atoms with Crippen LogP contribution in [0.2, 0.25) is 0 Å². The zero-order chi connectivity index (χ0) is 16.9. The molecule has 1 N–H and O–H groups in total. The molecule has 122 valence electrons. The molecule has 3 aromatic rings. The van der Waals surface area contributed by atoms with Gasteiger partial charge in [0.2, 0.25) is 5.95 Å². The maximum absolute atomic E-state index is 4.59. The van der Waals surface area contributed by atoms with Gasteiger partial charge in [-0.3, -0.25) is 0 Å². The third-order valence-electron chi connectivity index (χ3n) is 3.89. The van der Waals surface area contributed by atoms with Gasteiger partial charge in [0.1, 0.15) is 0 Å². The zero-order valence-electron chi connectivity index (χ0n) is 14.2. The fourth-order valence-corrected chi connectivity index (χ4v) is 2.58. The van der Waals surface area contributed by atoms with E-state index in [-0.39, 0.29) is 0 Å². The number of aryl methyl sites for hydroxylation is 2. The Morgan fingerprint density at radius 3 is 2.38 bits per heavy atom. The molecule has 1 aromatic heterocycles. The fraction of sp³-hybridized carbons (Fsp3) is 0.211. The summed E-state index contributed by atoms with van der Waals surface area (Å²) in [6.07, 6.45) is 1.64. The SMILES string of the molecule is Cc1cccc(C)c1Nc1cnnc(N(C)Cc2ccccc2)n1. The highest BCUT2D eigenvalue weighted by Crippen LogP contribution is 2.23. The summed E-state index contributed by atoms with van der Waals surface area (Å²) in [4.78, 5) is 6.57. The van der Waals surface area contributed by atoms with Crippen LogP contribution in [0.25, 0.3) is 0 Å². The lowest BCUT2D eigenvalue weighted by Crippen LogP contribution is -2.20. The van der Waals surface area contributed by atoms with Gasteiger partial charge in [-0.15, -0.1) is 5.10 Å². The van der Waals surface area contributed by atoms with Crippen molar-refractivity contribution in [2.24, 2.45) is 0 Å². The molecule has 0 fully saturated rings. The van der Waals surface area contributed by atoms with Crippen LogP contribution in [0.1, 0.15) is 16.7 Å². The van der Waals surface area contributed by atoms with Crippen molar-refractivity contribution >= 4 is 17.5 Å². The van der Waals surface area contributed by atoms with E-state index in [0.717, 1.165) is 12.2 Å². The standard InChI is InChI=1S/C19H21N5/c1-14-8-7-9-15(2)18(14)21-17-12-20-23-19(22-17)24(3)13-16-10-5-4-6-11-16/h4-12H,13H2,1-3H3,(H,21,22,23). The van der Waals surface area contributed by atoms with Crippen LogP contribution >= 0.6 is 0 Å². The molecule has 3 rings (SSSR count). The molecular weight excluding hydrogens is 298 g/mol. The molecule has 0 aliphatic rings. The van der Waals surface area contributed by atoms with Gasteiger partial charge in [-0.1, -0.05) is 48.5 Å². The minimum absolute atomic E-state index is 0.593. The van der Waals surface area contributed by atoms with Crippen LogP contribution in [0.3, 0.4) is 0 Å². The number of hydrogen-bond donors (Lipinski definition) is 1. The third kappa shape index (κ3) is 3.68. The maximum Gasteiger partial charge on any atom is 0.247 e. The maximum atomic E-state index is 4.59. The summed E-state index contributed by atoms with van der Waals surface area (Å²) >= 11 is 0. The molecular formula is C19H21N5. The van der Waals surface area contributed by atoms with Crippen molar-refractivity contribution in [3.8, 4) is 0 Å². The number of para-hydroxylation sites is 1. The number of rotatable bonds is 5. The number of nitrogens with zero attached hydrogens (tertiary/aromatic N) is 4. The number of nitrogens with one attached hydrogen (secondary N) is 1. The zero-order valence-corrected chi connectivity index (χ0v) is 14.2. The molecule has 0 atom stereocenters. The van der Waals surface area contributed by atoms with Crippen LogP contribution in [0.5, 0.6) is 0 Å². The largest absolute Gasteiger partial charge is 0.338 e. The van der Waals surface area contributed by atoms with E-state index in [1.165, 1.54) is 16.7 Å². The number of hydrogen-bond acceptors (Lipinski definition) is 5. The lowest BCUT2D eigenvalue weighted by Gasteiger charge is -2.17. The third-order valence-corrected chi connectivity index (χ3v) is 3.89. The number of aromatic nitrogens is 3. The van der Waals surface area contributed by atoms with Crippen LogP contribution < -0.4 is 10.2 Å². The Morgan fingerprint density at radius 1 is 0.958 bits per heavy atom. The van der Waals surface area contributed by atoms with Gasteiger partial charge in [0, 0.05) is 19.3 Å². The Kier molecular flexibility index (Phi) is 4.70. The molecule has 0 saturated carbocycles. The normalized spacial score (nSPS) is 10.5. The molecule has 0 radical (unpaired) electrons. The second-order valence-corrected chi connectivity index (χ2v) is 5.88. The highest BCUT2D eigenvalue weighted by atomic mass is 15.3. The molecule has 0 spiro atoms. The summed E-state index contributed by atoms with van der Waals surface area (Å²) in [7, 11) is 1.97. The van der Waals surface area contributed by atoms with Gasteiger partial charge in [-0.05, 0) is 30.5 Å². The van der Waals surface area contributed by atoms with E-state index < -0.39 is 0 Å². The molecule has 5 heteroatoms. The molecule has 0 bridgehead atoms. The van der Waals surface area contributed by atoms with Gasteiger partial charge in [0.05, 0.1) is 6.20 Å². The average Bonchev–Trinajstić information content (AvgIpc) is 2.59. The van der Waals surface area contributed by atoms with Crippen molar-refractivity contribution in [2.45, 2.75) is 20.4 Å². The number of benzene rings is 2. The van der Waals surface area contributed by atoms with Gasteiger partial charge in [-0.2, -0.15) is 10.1 Å². The second-order valence-electron chi connectivity index (χ2n) is 5.88. The predicted octanol–water partition coefficient (Wildman–Crippen LogP) is 3.87. The average molecular weight is 319 g/mol. The molecule has 24 heavy (non-hydrogen) atoms. The van der Waals surface area contributed by atoms with E-state index in [9.17, 15) is 0 Å². The molecule has 0 amide bonds. The Balaban J connectivity index is 1.79. The van der Waals surface area contributed by atoms with Gasteiger partial charge in [0.15, 0.2) is 5.82 Å². The molecule has 0 unspecified atom stereocenters. The van der Waals surface area contributed by atoms with Gasteiger partial charge in [0.25, 0.3) is 0 Å².